The van der Waals surface area contributed by atoms with E-state index in [2.05, 4.69) is 0 Å². The van der Waals surface area contributed by atoms with Crippen molar-refractivity contribution in [3.05, 3.63) is 40.2 Å². The monoisotopic (exact) mass is 294 g/mol. The van der Waals surface area contributed by atoms with Crippen molar-refractivity contribution in [2.24, 2.45) is 0 Å². The van der Waals surface area contributed by atoms with Crippen molar-refractivity contribution in [1.29, 1.82) is 0 Å². The predicted octanol–water partition coefficient (Wildman–Crippen LogP) is 2.73. The third kappa shape index (κ3) is 2.96. The lowest BCUT2D eigenvalue weighted by atomic mass is 10.2. The summed E-state index contributed by atoms with van der Waals surface area (Å²) in [5, 5.41) is 0.456. The van der Waals surface area contributed by atoms with Crippen molar-refractivity contribution in [1.82, 2.24) is 0 Å². The number of benzene rings is 1. The van der Waals surface area contributed by atoms with Crippen LogP contribution in [0.25, 0.3) is 11.0 Å². The molecule has 1 heterocycles. The van der Waals surface area contributed by atoms with E-state index in [9.17, 15) is 9.59 Å². The number of ether oxygens (including phenoxy) is 2. The van der Waals surface area contributed by atoms with Gasteiger partial charge in [0.2, 0.25) is 5.44 Å². The predicted molar refractivity (Wildman–Crippen MR) is 77.1 cm³/mol. The van der Waals surface area contributed by atoms with Gasteiger partial charge in [0.05, 0.1) is 12.5 Å². The molecular formula is C14H14O5S. The lowest BCUT2D eigenvalue weighted by molar-refractivity contribution is -0.143. The van der Waals surface area contributed by atoms with Crippen LogP contribution in [0.4, 0.5) is 0 Å². The SMILES string of the molecule is COc1ccc2c(=O)cc(C(OC(C)=O)SC)oc2c1. The van der Waals surface area contributed by atoms with Gasteiger partial charge in [0.1, 0.15) is 11.3 Å². The average Bonchev–Trinajstić information content (AvgIpc) is 2.43. The lowest BCUT2D eigenvalue weighted by Gasteiger charge is -2.13. The Bertz CT molecular complexity index is 692. The Morgan fingerprint density at radius 1 is 1.35 bits per heavy atom. The Labute approximate surface area is 119 Å². The summed E-state index contributed by atoms with van der Waals surface area (Å²) in [6.07, 6.45) is 1.77. The Morgan fingerprint density at radius 2 is 2.10 bits per heavy atom. The van der Waals surface area contributed by atoms with E-state index < -0.39 is 11.4 Å². The van der Waals surface area contributed by atoms with Gasteiger partial charge in [-0.1, -0.05) is 0 Å². The Morgan fingerprint density at radius 3 is 2.70 bits per heavy atom. The molecule has 106 valence electrons. The van der Waals surface area contributed by atoms with Crippen LogP contribution >= 0.6 is 11.8 Å². The van der Waals surface area contributed by atoms with E-state index in [1.54, 1.807) is 24.5 Å². The summed E-state index contributed by atoms with van der Waals surface area (Å²) in [5.74, 6) is 0.460. The normalized spacial score (nSPS) is 12.2. The molecule has 0 fully saturated rings. The zero-order valence-corrected chi connectivity index (χ0v) is 12.2. The van der Waals surface area contributed by atoms with Crippen LogP contribution in [0.2, 0.25) is 0 Å². The molecule has 0 amide bonds. The van der Waals surface area contributed by atoms with Crippen molar-refractivity contribution >= 4 is 28.7 Å². The smallest absolute Gasteiger partial charge is 0.304 e. The van der Waals surface area contributed by atoms with Crippen molar-refractivity contribution in [3.8, 4) is 5.75 Å². The molecular weight excluding hydrogens is 280 g/mol. The van der Waals surface area contributed by atoms with E-state index >= 15 is 0 Å². The minimum Gasteiger partial charge on any atom is -0.497 e. The second-order valence-corrected chi connectivity index (χ2v) is 4.95. The Kier molecular flexibility index (Phi) is 4.34. The maximum absolute atomic E-state index is 12.1. The van der Waals surface area contributed by atoms with E-state index in [1.807, 2.05) is 0 Å². The van der Waals surface area contributed by atoms with Gasteiger partial charge in [0.15, 0.2) is 11.2 Å². The second kappa shape index (κ2) is 6.00. The first kappa shape index (κ1) is 14.5. The first-order valence-corrected chi connectivity index (χ1v) is 7.15. The number of hydrogen-bond donors (Lipinski definition) is 0. The number of thioether (sulfide) groups is 1. The summed E-state index contributed by atoms with van der Waals surface area (Å²) in [6.45, 7) is 1.31. The fraction of sp³-hybridized carbons (Fsp3) is 0.286. The standard InChI is InChI=1S/C14H14O5S/c1-8(15)18-14(20-3)13-7-11(16)10-5-4-9(17-2)6-12(10)19-13/h4-7,14H,1-3H3. The molecule has 0 N–H and O–H groups in total. The van der Waals surface area contributed by atoms with Crippen LogP contribution in [0.3, 0.4) is 0 Å². The summed E-state index contributed by atoms with van der Waals surface area (Å²) in [4.78, 5) is 23.1. The molecule has 1 aromatic carbocycles. The molecule has 1 unspecified atom stereocenters. The minimum absolute atomic E-state index is 0.185. The van der Waals surface area contributed by atoms with Gasteiger partial charge in [-0.25, -0.2) is 0 Å². The third-order valence-corrected chi connectivity index (χ3v) is 3.43. The number of esters is 1. The maximum atomic E-state index is 12.1. The first-order valence-electron chi connectivity index (χ1n) is 5.87. The van der Waals surface area contributed by atoms with Crippen LogP contribution in [0.1, 0.15) is 18.1 Å². The van der Waals surface area contributed by atoms with Crippen molar-refractivity contribution in [2.75, 3.05) is 13.4 Å². The molecule has 0 radical (unpaired) electrons. The zero-order valence-electron chi connectivity index (χ0n) is 11.3. The molecule has 0 aliphatic rings. The molecule has 5 nitrogen and oxygen atoms in total. The number of fused-ring (bicyclic) bond motifs is 1. The molecule has 1 atom stereocenters. The van der Waals surface area contributed by atoms with Gasteiger partial charge in [-0.2, -0.15) is 0 Å². The Balaban J connectivity index is 2.54. The summed E-state index contributed by atoms with van der Waals surface area (Å²) in [6, 6.07) is 6.31. The highest BCUT2D eigenvalue weighted by Crippen LogP contribution is 2.29. The van der Waals surface area contributed by atoms with Crippen LogP contribution in [0.5, 0.6) is 5.75 Å². The van der Waals surface area contributed by atoms with Crippen LogP contribution in [-0.2, 0) is 9.53 Å². The molecule has 0 spiro atoms. The number of carbonyl (C=O) groups is 1. The van der Waals surface area contributed by atoms with E-state index in [1.165, 1.54) is 31.9 Å². The highest BCUT2D eigenvalue weighted by atomic mass is 32.2. The summed E-state index contributed by atoms with van der Waals surface area (Å²) in [5.41, 5.74) is -0.427. The molecule has 0 saturated heterocycles. The van der Waals surface area contributed by atoms with Crippen LogP contribution in [0.15, 0.2) is 33.5 Å². The van der Waals surface area contributed by atoms with E-state index in [0.29, 0.717) is 22.5 Å². The number of hydrogen-bond acceptors (Lipinski definition) is 6. The van der Waals surface area contributed by atoms with Crippen LogP contribution < -0.4 is 10.2 Å². The second-order valence-electron chi connectivity index (χ2n) is 4.05. The number of carbonyl (C=O) groups excluding carboxylic acids is 1. The summed E-state index contributed by atoms with van der Waals surface area (Å²) >= 11 is 1.27. The van der Waals surface area contributed by atoms with Crippen LogP contribution in [0, 0.1) is 0 Å². The summed E-state index contributed by atoms with van der Waals surface area (Å²) < 4.78 is 15.9. The Hall–Kier alpha value is -1.95. The highest BCUT2D eigenvalue weighted by Gasteiger charge is 2.18. The quantitative estimate of drug-likeness (QED) is 0.638. The van der Waals surface area contributed by atoms with E-state index in [0.717, 1.165) is 0 Å². The van der Waals surface area contributed by atoms with Gasteiger partial charge in [0, 0.05) is 19.1 Å². The molecule has 20 heavy (non-hydrogen) atoms. The van der Waals surface area contributed by atoms with Gasteiger partial charge in [-0.05, 0) is 18.4 Å². The van der Waals surface area contributed by atoms with Gasteiger partial charge in [-0.15, -0.1) is 11.8 Å². The molecule has 0 aliphatic carbocycles. The molecule has 0 bridgehead atoms. The van der Waals surface area contributed by atoms with Gasteiger partial charge in [0.25, 0.3) is 0 Å². The molecule has 1 aromatic heterocycles. The average molecular weight is 294 g/mol. The molecule has 2 rings (SSSR count). The van der Waals surface area contributed by atoms with Crippen molar-refractivity contribution in [2.45, 2.75) is 12.4 Å². The molecule has 0 saturated carbocycles. The van der Waals surface area contributed by atoms with E-state index in [4.69, 9.17) is 13.9 Å². The first-order chi connectivity index (χ1) is 9.55. The molecule has 0 aliphatic heterocycles. The number of rotatable bonds is 4. The zero-order chi connectivity index (χ0) is 14.7. The minimum atomic E-state index is -0.643. The molecule has 6 heteroatoms. The number of methoxy groups -OCH3 is 1. The largest absolute Gasteiger partial charge is 0.497 e. The van der Waals surface area contributed by atoms with Gasteiger partial charge < -0.3 is 13.9 Å². The van der Waals surface area contributed by atoms with Gasteiger partial charge >= 0.3 is 5.97 Å². The summed E-state index contributed by atoms with van der Waals surface area (Å²) in [7, 11) is 1.53. The van der Waals surface area contributed by atoms with Crippen LogP contribution in [-0.4, -0.2) is 19.3 Å². The van der Waals surface area contributed by atoms with Crippen molar-refractivity contribution < 1.29 is 18.7 Å². The van der Waals surface area contributed by atoms with Crippen molar-refractivity contribution in [3.63, 3.8) is 0 Å². The highest BCUT2D eigenvalue weighted by molar-refractivity contribution is 7.98. The fourth-order valence-corrected chi connectivity index (χ4v) is 2.35. The van der Waals surface area contributed by atoms with Gasteiger partial charge in [-0.3, -0.25) is 9.59 Å². The maximum Gasteiger partial charge on any atom is 0.304 e. The topological polar surface area (TPSA) is 65.7 Å². The van der Waals surface area contributed by atoms with E-state index in [-0.39, 0.29) is 5.43 Å². The molecule has 2 aromatic rings. The third-order valence-electron chi connectivity index (χ3n) is 2.67. The lowest BCUT2D eigenvalue weighted by Crippen LogP contribution is -2.09. The fourth-order valence-electron chi connectivity index (χ4n) is 1.77.